The Morgan fingerprint density at radius 1 is 1.05 bits per heavy atom. The number of hydrogen-bond donors (Lipinski definition) is 2. The summed E-state index contributed by atoms with van der Waals surface area (Å²) < 4.78 is 10.9. The summed E-state index contributed by atoms with van der Waals surface area (Å²) >= 11 is 1.20. The lowest BCUT2D eigenvalue weighted by atomic mass is 9.85. The van der Waals surface area contributed by atoms with Crippen LogP contribution >= 0.6 is 11.3 Å². The first kappa shape index (κ1) is 25.6. The number of nitriles is 1. The average Bonchev–Trinajstić information content (AvgIpc) is 3.60. The molecule has 0 aliphatic rings. The van der Waals surface area contributed by atoms with E-state index in [4.69, 9.17) is 9.15 Å². The number of aryl methyl sites for hydroxylation is 1. The molecule has 0 spiro atoms. The molecule has 2 aromatic carbocycles. The van der Waals surface area contributed by atoms with Crippen molar-refractivity contribution in [3.8, 4) is 17.7 Å². The van der Waals surface area contributed by atoms with Crippen molar-refractivity contribution in [3.05, 3.63) is 89.6 Å². The molecule has 3 aromatic heterocycles. The number of aromatic nitrogens is 3. The van der Waals surface area contributed by atoms with E-state index in [1.54, 1.807) is 56.3 Å². The minimum atomic E-state index is -0.712. The van der Waals surface area contributed by atoms with Crippen molar-refractivity contribution >= 4 is 44.3 Å². The summed E-state index contributed by atoms with van der Waals surface area (Å²) in [5, 5.41) is 15.4. The Morgan fingerprint density at radius 3 is 2.67 bits per heavy atom. The molecule has 10 nitrogen and oxygen atoms in total. The van der Waals surface area contributed by atoms with Crippen molar-refractivity contribution < 1.29 is 18.7 Å². The predicted molar refractivity (Wildman–Crippen MR) is 146 cm³/mol. The van der Waals surface area contributed by atoms with E-state index in [1.165, 1.54) is 24.0 Å². The van der Waals surface area contributed by atoms with Gasteiger partial charge in [0.15, 0.2) is 17.2 Å². The molecule has 0 saturated heterocycles. The van der Waals surface area contributed by atoms with E-state index in [0.717, 1.165) is 11.1 Å². The van der Waals surface area contributed by atoms with E-state index in [9.17, 15) is 14.9 Å². The maximum atomic E-state index is 12.9. The topological polar surface area (TPSA) is 143 Å². The van der Waals surface area contributed by atoms with Gasteiger partial charge in [-0.3, -0.25) is 14.9 Å². The molecule has 0 aliphatic carbocycles. The number of thiazole rings is 1. The number of rotatable bonds is 7. The van der Waals surface area contributed by atoms with Gasteiger partial charge in [-0.25, -0.2) is 15.0 Å². The molecular weight excluding hydrogens is 516 g/mol. The molecular formula is C28H22N6O4S. The first-order valence-corrected chi connectivity index (χ1v) is 12.6. The summed E-state index contributed by atoms with van der Waals surface area (Å²) in [6.07, 6.45) is 2.42. The van der Waals surface area contributed by atoms with Gasteiger partial charge in [0, 0.05) is 23.4 Å². The summed E-state index contributed by atoms with van der Waals surface area (Å²) in [4.78, 5) is 38.4. The molecule has 0 atom stereocenters. The van der Waals surface area contributed by atoms with Crippen LogP contribution in [0.3, 0.4) is 0 Å². The number of benzene rings is 2. The van der Waals surface area contributed by atoms with Crippen molar-refractivity contribution in [2.45, 2.75) is 26.2 Å². The quantitative estimate of drug-likeness (QED) is 0.254. The fraction of sp³-hybridized carbons (Fsp3) is 0.143. The number of carbonyl (C=O) groups is 2. The highest BCUT2D eigenvalue weighted by molar-refractivity contribution is 7.22. The van der Waals surface area contributed by atoms with E-state index >= 15 is 0 Å². The summed E-state index contributed by atoms with van der Waals surface area (Å²) in [5.74, 6) is 0.112. The molecule has 0 bridgehead atoms. The second kappa shape index (κ2) is 10.4. The fourth-order valence-corrected chi connectivity index (χ4v) is 4.44. The zero-order valence-electron chi connectivity index (χ0n) is 21.2. The molecule has 5 rings (SSSR count). The van der Waals surface area contributed by atoms with Crippen LogP contribution in [0.5, 0.6) is 11.6 Å². The van der Waals surface area contributed by atoms with E-state index in [2.05, 4.69) is 31.7 Å². The van der Waals surface area contributed by atoms with Crippen LogP contribution in [0.25, 0.3) is 10.3 Å². The zero-order valence-corrected chi connectivity index (χ0v) is 22.0. The summed E-state index contributed by atoms with van der Waals surface area (Å²) in [5.41, 5.74) is 2.63. The summed E-state index contributed by atoms with van der Waals surface area (Å²) in [6, 6.07) is 18.0. The van der Waals surface area contributed by atoms with Crippen molar-refractivity contribution in [1.82, 2.24) is 15.0 Å². The Labute approximate surface area is 227 Å². The first-order chi connectivity index (χ1) is 18.7. The van der Waals surface area contributed by atoms with Gasteiger partial charge in [-0.1, -0.05) is 29.5 Å². The molecule has 39 heavy (non-hydrogen) atoms. The minimum absolute atomic E-state index is 0.146. The van der Waals surface area contributed by atoms with Gasteiger partial charge in [-0.15, -0.1) is 0 Å². The molecule has 0 unspecified atom stereocenters. The third-order valence-electron chi connectivity index (χ3n) is 5.90. The molecule has 0 fully saturated rings. The number of pyridine rings is 1. The maximum absolute atomic E-state index is 12.9. The van der Waals surface area contributed by atoms with Crippen molar-refractivity contribution in [2.75, 3.05) is 10.6 Å². The van der Waals surface area contributed by atoms with Crippen LogP contribution in [0.15, 0.2) is 71.7 Å². The lowest BCUT2D eigenvalue weighted by Gasteiger charge is -2.16. The normalized spacial score (nSPS) is 11.1. The Bertz CT molecular complexity index is 1740. The van der Waals surface area contributed by atoms with Gasteiger partial charge in [-0.05, 0) is 56.2 Å². The molecule has 5 aromatic rings. The first-order valence-electron chi connectivity index (χ1n) is 11.8. The highest BCUT2D eigenvalue weighted by atomic mass is 32.1. The Hall–Kier alpha value is -5.08. The van der Waals surface area contributed by atoms with Gasteiger partial charge < -0.3 is 14.5 Å². The van der Waals surface area contributed by atoms with Gasteiger partial charge in [0.05, 0.1) is 11.5 Å². The second-order valence-corrected chi connectivity index (χ2v) is 10.2. The molecule has 11 heteroatoms. The number of ether oxygens (including phenoxy) is 1. The Kier molecular flexibility index (Phi) is 6.79. The number of amides is 2. The summed E-state index contributed by atoms with van der Waals surface area (Å²) in [6.45, 7) is 5.50. The Morgan fingerprint density at radius 2 is 1.90 bits per heavy atom. The van der Waals surface area contributed by atoms with Crippen LogP contribution in [0.4, 0.5) is 10.8 Å². The average molecular weight is 539 g/mol. The number of oxazole rings is 1. The molecule has 0 saturated carbocycles. The fourth-order valence-electron chi connectivity index (χ4n) is 3.61. The van der Waals surface area contributed by atoms with E-state index in [-0.39, 0.29) is 11.6 Å². The summed E-state index contributed by atoms with van der Waals surface area (Å²) in [7, 11) is 0. The van der Waals surface area contributed by atoms with Crippen molar-refractivity contribution in [1.29, 1.82) is 5.26 Å². The molecule has 0 radical (unpaired) electrons. The van der Waals surface area contributed by atoms with Crippen molar-refractivity contribution in [2.24, 2.45) is 0 Å². The molecule has 3 heterocycles. The zero-order chi connectivity index (χ0) is 27.6. The van der Waals surface area contributed by atoms with Crippen LogP contribution in [-0.2, 0) is 5.41 Å². The molecule has 2 N–H and O–H groups in total. The predicted octanol–water partition coefficient (Wildman–Crippen LogP) is 6.09. The van der Waals surface area contributed by atoms with Gasteiger partial charge in [0.25, 0.3) is 11.8 Å². The monoisotopic (exact) mass is 538 g/mol. The van der Waals surface area contributed by atoms with Gasteiger partial charge >= 0.3 is 0 Å². The van der Waals surface area contributed by atoms with E-state index in [0.29, 0.717) is 38.4 Å². The van der Waals surface area contributed by atoms with Gasteiger partial charge in [-0.2, -0.15) is 5.26 Å². The Balaban J connectivity index is 1.31. The van der Waals surface area contributed by atoms with Crippen LogP contribution in [0.2, 0.25) is 0 Å². The second-order valence-electron chi connectivity index (χ2n) is 9.17. The third-order valence-corrected chi connectivity index (χ3v) is 6.78. The lowest BCUT2D eigenvalue weighted by molar-refractivity contribution is 0.101. The lowest BCUT2D eigenvalue weighted by Crippen LogP contribution is -2.17. The van der Waals surface area contributed by atoms with Crippen LogP contribution in [0, 0.1) is 18.3 Å². The highest BCUT2D eigenvalue weighted by Crippen LogP contribution is 2.31. The number of carbonyl (C=O) groups excluding carboxylic acids is 2. The maximum Gasteiger partial charge on any atom is 0.279 e. The number of nitrogens with zero attached hydrogens (tertiary/aromatic N) is 4. The van der Waals surface area contributed by atoms with E-state index in [1.807, 2.05) is 19.1 Å². The largest absolute Gasteiger partial charge is 0.451 e. The number of fused-ring (bicyclic) bond motifs is 1. The van der Waals surface area contributed by atoms with Gasteiger partial charge in [0.1, 0.15) is 22.4 Å². The highest BCUT2D eigenvalue weighted by Gasteiger charge is 2.21. The smallest absolute Gasteiger partial charge is 0.279 e. The molecule has 0 aliphatic heterocycles. The molecule has 194 valence electrons. The van der Waals surface area contributed by atoms with Crippen LogP contribution in [-0.4, -0.2) is 26.8 Å². The standard InChI is InChI=1S/C28H22N6O4S/c1-16-7-8-19(31-24(35)17-5-4-6-18(11-17)28(2,3)14-29)12-22(16)38-23-10-9-20-26(33-23)39-27(32-20)34-25(36)21-13-37-15-30-21/h4-13,15H,1-3H3,(H,31,35)(H,32,34,36). The molecule has 2 amide bonds. The number of hydrogen-bond acceptors (Lipinski definition) is 9. The van der Waals surface area contributed by atoms with Gasteiger partial charge in [0.2, 0.25) is 5.88 Å². The number of nitrogens with one attached hydrogen (secondary N) is 2. The van der Waals surface area contributed by atoms with Crippen molar-refractivity contribution in [3.63, 3.8) is 0 Å². The van der Waals surface area contributed by atoms with Crippen LogP contribution in [0.1, 0.15) is 45.8 Å². The van der Waals surface area contributed by atoms with E-state index < -0.39 is 11.3 Å². The van der Waals surface area contributed by atoms with Crippen LogP contribution < -0.4 is 15.4 Å². The third kappa shape index (κ3) is 5.61. The SMILES string of the molecule is Cc1ccc(NC(=O)c2cccc(C(C)(C)C#N)c2)cc1Oc1ccc2nc(NC(=O)c3cocn3)sc2n1. The minimum Gasteiger partial charge on any atom is -0.451 e. The number of anilines is 2.